The summed E-state index contributed by atoms with van der Waals surface area (Å²) in [6.45, 7) is 1.93. The van der Waals surface area contributed by atoms with Crippen molar-refractivity contribution < 1.29 is 18.4 Å². The minimum absolute atomic E-state index is 0.0764. The lowest BCUT2D eigenvalue weighted by molar-refractivity contribution is -0.127. The molecule has 0 radical (unpaired) electrons. The summed E-state index contributed by atoms with van der Waals surface area (Å²) in [6.07, 6.45) is 9.17. The minimum atomic E-state index is -1.24. The van der Waals surface area contributed by atoms with Crippen molar-refractivity contribution in [2.75, 3.05) is 4.90 Å². The number of hydrogen-bond acceptors (Lipinski definition) is 4. The molecule has 5 rings (SSSR count). The quantitative estimate of drug-likeness (QED) is 0.594. The Labute approximate surface area is 197 Å². The maximum Gasteiger partial charge on any atom is 0.277 e. The summed E-state index contributed by atoms with van der Waals surface area (Å²) in [5.74, 6) is -0.447. The molecule has 1 saturated carbocycles. The molecule has 178 valence electrons. The van der Waals surface area contributed by atoms with Crippen LogP contribution in [0.5, 0.6) is 0 Å². The highest BCUT2D eigenvalue weighted by molar-refractivity contribution is 6.12. The Balaban J connectivity index is 1.52. The number of rotatable bonds is 4. The number of carbonyl (C=O) groups is 2. The van der Waals surface area contributed by atoms with Crippen LogP contribution in [-0.4, -0.2) is 33.2 Å². The van der Waals surface area contributed by atoms with Crippen LogP contribution in [0.25, 0.3) is 11.5 Å². The Morgan fingerprint density at radius 2 is 1.82 bits per heavy atom. The predicted octanol–water partition coefficient (Wildman–Crippen LogP) is 4.93. The van der Waals surface area contributed by atoms with E-state index in [0.717, 1.165) is 25.7 Å². The minimum Gasteiger partial charge on any atom is -0.463 e. The molecule has 1 unspecified atom stereocenters. The zero-order valence-electron chi connectivity index (χ0n) is 19.3. The Kier molecular flexibility index (Phi) is 5.98. The first-order chi connectivity index (χ1) is 16.5. The molecule has 2 aromatic heterocycles. The van der Waals surface area contributed by atoms with E-state index in [1.807, 2.05) is 0 Å². The molecule has 34 heavy (non-hydrogen) atoms. The van der Waals surface area contributed by atoms with Crippen molar-refractivity contribution in [2.45, 2.75) is 70.0 Å². The normalized spacial score (nSPS) is 21.6. The average molecular weight is 465 g/mol. The third-order valence-corrected chi connectivity index (χ3v) is 6.94. The first kappa shape index (κ1) is 22.4. The van der Waals surface area contributed by atoms with Gasteiger partial charge in [-0.15, -0.1) is 0 Å². The lowest BCUT2D eigenvalue weighted by atomic mass is 9.91. The molecule has 0 spiro atoms. The topological polar surface area (TPSA) is 80.4 Å². The largest absolute Gasteiger partial charge is 0.463 e. The number of nitrogens with one attached hydrogen (secondary N) is 1. The number of hydrogen-bond donors (Lipinski definition) is 1. The number of benzene rings is 1. The summed E-state index contributed by atoms with van der Waals surface area (Å²) in [5, 5.41) is 7.80. The first-order valence-corrected chi connectivity index (χ1v) is 12.0. The number of halogens is 1. The molecular formula is C26H29FN4O3. The van der Waals surface area contributed by atoms with Crippen LogP contribution >= 0.6 is 0 Å². The Hall–Kier alpha value is -3.42. The molecule has 2 amide bonds. The molecule has 1 aromatic carbocycles. The summed E-state index contributed by atoms with van der Waals surface area (Å²) in [6, 6.07) is 11.0. The number of furan rings is 1. The van der Waals surface area contributed by atoms with E-state index in [9.17, 15) is 14.0 Å². The van der Waals surface area contributed by atoms with E-state index >= 15 is 0 Å². The van der Waals surface area contributed by atoms with Gasteiger partial charge in [0.05, 0.1) is 12.8 Å². The third kappa shape index (κ3) is 4.13. The fourth-order valence-electron chi connectivity index (χ4n) is 5.06. The van der Waals surface area contributed by atoms with Gasteiger partial charge in [-0.2, -0.15) is 5.10 Å². The lowest BCUT2D eigenvalue weighted by Crippen LogP contribution is -2.65. The maximum absolute atomic E-state index is 13.8. The summed E-state index contributed by atoms with van der Waals surface area (Å²) in [7, 11) is 0. The van der Waals surface area contributed by atoms with E-state index < -0.39 is 11.4 Å². The molecule has 1 aliphatic heterocycles. The molecule has 3 aromatic rings. The second-order valence-electron chi connectivity index (χ2n) is 9.46. The van der Waals surface area contributed by atoms with Crippen LogP contribution in [0.2, 0.25) is 0 Å². The lowest BCUT2D eigenvalue weighted by Gasteiger charge is -2.43. The van der Waals surface area contributed by atoms with Crippen molar-refractivity contribution >= 4 is 17.5 Å². The first-order valence-electron chi connectivity index (χ1n) is 12.0. The Morgan fingerprint density at radius 3 is 2.50 bits per heavy atom. The fourth-order valence-corrected chi connectivity index (χ4v) is 5.06. The van der Waals surface area contributed by atoms with Crippen molar-refractivity contribution in [1.82, 2.24) is 15.1 Å². The zero-order valence-corrected chi connectivity index (χ0v) is 19.3. The summed E-state index contributed by atoms with van der Waals surface area (Å²) in [4.78, 5) is 29.0. The van der Waals surface area contributed by atoms with Crippen LogP contribution < -0.4 is 10.2 Å². The fraction of sp³-hybridized carbons (Fsp3) is 0.423. The Morgan fingerprint density at radius 1 is 1.12 bits per heavy atom. The van der Waals surface area contributed by atoms with Crippen LogP contribution in [-0.2, 0) is 11.3 Å². The zero-order chi connectivity index (χ0) is 23.7. The van der Waals surface area contributed by atoms with Crippen molar-refractivity contribution in [1.29, 1.82) is 0 Å². The van der Waals surface area contributed by atoms with Gasteiger partial charge in [0, 0.05) is 17.8 Å². The second kappa shape index (κ2) is 9.08. The van der Waals surface area contributed by atoms with Crippen LogP contribution in [0.3, 0.4) is 0 Å². The SMILES string of the molecule is CC1(C(=O)NC2CCCCCCC2)Cn2nc(-c3ccco3)cc2C(=O)N1c1ccc(F)cc1. The van der Waals surface area contributed by atoms with Gasteiger partial charge in [-0.1, -0.05) is 32.1 Å². The maximum atomic E-state index is 13.8. The number of fused-ring (bicyclic) bond motifs is 1. The highest BCUT2D eigenvalue weighted by atomic mass is 19.1. The van der Waals surface area contributed by atoms with Crippen LogP contribution in [0.15, 0.2) is 53.1 Å². The number of amides is 2. The van der Waals surface area contributed by atoms with Crippen LogP contribution in [0.1, 0.15) is 62.4 Å². The van der Waals surface area contributed by atoms with E-state index in [1.54, 1.807) is 36.1 Å². The molecule has 3 heterocycles. The standard InChI is InChI=1S/C26H29FN4O3/c1-26(25(33)28-19-8-5-3-2-4-6-9-19)17-30-22(16-21(29-30)23-10-7-15-34-23)24(32)31(26)20-13-11-18(27)12-14-20/h7,10-16,19H,2-6,8-9,17H2,1H3,(H,28,33). The van der Waals surface area contributed by atoms with Gasteiger partial charge in [0.2, 0.25) is 5.91 Å². The monoisotopic (exact) mass is 464 g/mol. The van der Waals surface area contributed by atoms with Gasteiger partial charge in [0.1, 0.15) is 22.7 Å². The summed E-state index contributed by atoms with van der Waals surface area (Å²) in [5.41, 5.74) is 0.106. The van der Waals surface area contributed by atoms with Gasteiger partial charge in [-0.25, -0.2) is 4.39 Å². The van der Waals surface area contributed by atoms with E-state index in [2.05, 4.69) is 10.4 Å². The second-order valence-corrected chi connectivity index (χ2v) is 9.46. The summed E-state index contributed by atoms with van der Waals surface area (Å²) >= 11 is 0. The number of anilines is 1. The molecule has 2 aliphatic rings. The van der Waals surface area contributed by atoms with Crippen molar-refractivity contribution in [2.24, 2.45) is 0 Å². The predicted molar refractivity (Wildman–Crippen MR) is 126 cm³/mol. The van der Waals surface area contributed by atoms with Crippen molar-refractivity contribution in [3.05, 3.63) is 60.2 Å². The van der Waals surface area contributed by atoms with Gasteiger partial charge in [-0.3, -0.25) is 19.2 Å². The molecule has 1 fully saturated rings. The highest BCUT2D eigenvalue weighted by Gasteiger charge is 2.49. The molecule has 1 N–H and O–H groups in total. The van der Waals surface area contributed by atoms with Crippen LogP contribution in [0.4, 0.5) is 10.1 Å². The molecule has 1 aliphatic carbocycles. The van der Waals surface area contributed by atoms with E-state index in [0.29, 0.717) is 22.8 Å². The highest BCUT2D eigenvalue weighted by Crippen LogP contribution is 2.34. The molecule has 0 bridgehead atoms. The summed E-state index contributed by atoms with van der Waals surface area (Å²) < 4.78 is 20.7. The number of aromatic nitrogens is 2. The van der Waals surface area contributed by atoms with Gasteiger partial charge in [-0.05, 0) is 56.2 Å². The van der Waals surface area contributed by atoms with Gasteiger partial charge in [0.25, 0.3) is 5.91 Å². The third-order valence-electron chi connectivity index (χ3n) is 6.94. The smallest absolute Gasteiger partial charge is 0.277 e. The molecule has 0 saturated heterocycles. The van der Waals surface area contributed by atoms with E-state index in [1.165, 1.54) is 48.4 Å². The molecule has 1 atom stereocenters. The average Bonchev–Trinajstić information content (AvgIpc) is 3.47. The van der Waals surface area contributed by atoms with Gasteiger partial charge >= 0.3 is 0 Å². The Bertz CT molecular complexity index is 1160. The van der Waals surface area contributed by atoms with E-state index in [4.69, 9.17) is 4.42 Å². The van der Waals surface area contributed by atoms with Crippen molar-refractivity contribution in [3.8, 4) is 11.5 Å². The number of carbonyl (C=O) groups excluding carboxylic acids is 2. The van der Waals surface area contributed by atoms with Crippen LogP contribution in [0, 0.1) is 5.82 Å². The van der Waals surface area contributed by atoms with E-state index in [-0.39, 0.29) is 24.4 Å². The molecular weight excluding hydrogens is 435 g/mol. The van der Waals surface area contributed by atoms with Gasteiger partial charge in [0.15, 0.2) is 5.76 Å². The van der Waals surface area contributed by atoms with Crippen molar-refractivity contribution in [3.63, 3.8) is 0 Å². The molecule has 7 nitrogen and oxygen atoms in total. The van der Waals surface area contributed by atoms with Gasteiger partial charge < -0.3 is 9.73 Å². The number of nitrogens with zero attached hydrogens (tertiary/aromatic N) is 3. The molecule has 8 heteroatoms.